The Bertz CT molecular complexity index is 384. The van der Waals surface area contributed by atoms with Crippen LogP contribution in [0.3, 0.4) is 0 Å². The number of aliphatic hydroxyl groups is 2. The summed E-state index contributed by atoms with van der Waals surface area (Å²) in [5.74, 6) is -35.2. The van der Waals surface area contributed by atoms with Crippen molar-refractivity contribution in [1.29, 1.82) is 0 Å². The average Bonchev–Trinajstić information content (AvgIpc) is 2.26. The van der Waals surface area contributed by atoms with Crippen LogP contribution in [0.5, 0.6) is 0 Å². The molecule has 0 atom stereocenters. The molecule has 0 aromatic carbocycles. The van der Waals surface area contributed by atoms with Gasteiger partial charge in [-0.15, -0.1) is 0 Å². The molecule has 0 aromatic rings. The molecule has 0 unspecified atom stereocenters. The maximum absolute atomic E-state index is 12.8. The van der Waals surface area contributed by atoms with Crippen molar-refractivity contribution in [3.63, 3.8) is 0 Å². The van der Waals surface area contributed by atoms with Crippen LogP contribution < -0.4 is 0 Å². The zero-order chi connectivity index (χ0) is 17.7. The van der Waals surface area contributed by atoms with Crippen molar-refractivity contribution >= 4 is 0 Å². The van der Waals surface area contributed by atoms with E-state index in [0.717, 1.165) is 0 Å². The van der Waals surface area contributed by atoms with E-state index in [2.05, 4.69) is 0 Å². The Balaban J connectivity index is 6.14. The zero-order valence-electron chi connectivity index (χ0n) is 9.76. The van der Waals surface area contributed by atoms with Crippen molar-refractivity contribution in [2.45, 2.75) is 49.0 Å². The molecule has 0 aliphatic rings. The lowest BCUT2D eigenvalue weighted by Gasteiger charge is -2.40. The van der Waals surface area contributed by atoms with E-state index >= 15 is 0 Å². The van der Waals surface area contributed by atoms with Gasteiger partial charge in [0.05, 0.1) is 0 Å². The van der Waals surface area contributed by atoms with Gasteiger partial charge in [0.2, 0.25) is 0 Å². The summed E-state index contributed by atoms with van der Waals surface area (Å²) in [6.07, 6.45) is -2.14. The summed E-state index contributed by atoms with van der Waals surface area (Å²) in [5.41, 5.74) is 0. The molecular weight excluding hydrogens is 337 g/mol. The average molecular weight is 344 g/mol. The third-order valence-corrected chi connectivity index (χ3v) is 2.49. The van der Waals surface area contributed by atoms with Crippen LogP contribution in [0.15, 0.2) is 0 Å². The van der Waals surface area contributed by atoms with Crippen molar-refractivity contribution in [3.05, 3.63) is 0 Å². The van der Waals surface area contributed by atoms with Gasteiger partial charge in [-0.05, 0) is 0 Å². The molecule has 0 saturated carbocycles. The van der Waals surface area contributed by atoms with Gasteiger partial charge in [0, 0.05) is 6.42 Å². The van der Waals surface area contributed by atoms with Gasteiger partial charge in [-0.1, -0.05) is 6.92 Å². The van der Waals surface area contributed by atoms with Crippen molar-refractivity contribution < 1.29 is 58.5 Å². The summed E-state index contributed by atoms with van der Waals surface area (Å²) in [6, 6.07) is -6.36. The maximum Gasteiger partial charge on any atom is 0.400 e. The molecule has 0 aliphatic carbocycles. The fourth-order valence-electron chi connectivity index (χ4n) is 1.05. The van der Waals surface area contributed by atoms with Crippen molar-refractivity contribution in [1.82, 2.24) is 0 Å². The van der Waals surface area contributed by atoms with Crippen LogP contribution in [0.4, 0.5) is 48.3 Å². The summed E-state index contributed by atoms with van der Waals surface area (Å²) in [6.45, 7) is 0.164. The fourth-order valence-corrected chi connectivity index (χ4v) is 1.05. The Labute approximate surface area is 109 Å². The predicted molar refractivity (Wildman–Crippen MR) is 43.3 cm³/mol. The Morgan fingerprint density at radius 1 is 0.571 bits per heavy atom. The van der Waals surface area contributed by atoms with Crippen LogP contribution in [0.1, 0.15) is 13.3 Å². The highest BCUT2D eigenvalue weighted by molar-refractivity contribution is 5.09. The molecule has 13 heteroatoms. The highest BCUT2D eigenvalue weighted by Crippen LogP contribution is 2.59. The molecule has 0 saturated heterocycles. The second-order valence-electron chi connectivity index (χ2n) is 3.94. The van der Waals surface area contributed by atoms with Gasteiger partial charge >= 0.3 is 35.7 Å². The normalized spacial score (nSPS) is 16.3. The van der Waals surface area contributed by atoms with Gasteiger partial charge in [0.25, 0.3) is 0 Å². The second-order valence-corrected chi connectivity index (χ2v) is 3.94. The molecule has 0 fully saturated rings. The monoisotopic (exact) mass is 344 g/mol. The van der Waals surface area contributed by atoms with Gasteiger partial charge in [-0.2, -0.15) is 48.3 Å². The summed E-state index contributed by atoms with van der Waals surface area (Å²) in [4.78, 5) is 0. The summed E-state index contributed by atoms with van der Waals surface area (Å²) in [7, 11) is 0. The highest BCUT2D eigenvalue weighted by Gasteiger charge is 2.89. The first-order chi connectivity index (χ1) is 8.81. The van der Waals surface area contributed by atoms with E-state index < -0.39 is 42.1 Å². The quantitative estimate of drug-likeness (QED) is 0.574. The third-order valence-electron chi connectivity index (χ3n) is 2.49. The molecule has 2 N–H and O–H groups in total. The molecule has 0 heterocycles. The van der Waals surface area contributed by atoms with E-state index in [4.69, 9.17) is 10.2 Å². The zero-order valence-corrected chi connectivity index (χ0v) is 9.76. The molecule has 0 aromatic heterocycles. The molecular formula is C8H7F11O2. The lowest BCUT2D eigenvalue weighted by Crippen LogP contribution is -2.71. The summed E-state index contributed by atoms with van der Waals surface area (Å²) >= 11 is 0. The van der Waals surface area contributed by atoms with Crippen LogP contribution in [0, 0.1) is 0 Å². The van der Waals surface area contributed by atoms with Gasteiger partial charge in [0.1, 0.15) is 0 Å². The third kappa shape index (κ3) is 2.53. The molecule has 0 rings (SSSR count). The molecule has 21 heavy (non-hydrogen) atoms. The Kier molecular flexibility index (Phi) is 4.63. The molecule has 0 bridgehead atoms. The van der Waals surface area contributed by atoms with Crippen molar-refractivity contribution in [2.75, 3.05) is 0 Å². The minimum Gasteiger partial charge on any atom is -0.335 e. The number of rotatable bonds is 6. The SMILES string of the molecule is CCC(F)(F)C(F)(F)C(F)(F)C(F)(F)C(F)(F)C(O)(O)F. The molecule has 128 valence electrons. The van der Waals surface area contributed by atoms with Gasteiger partial charge < -0.3 is 10.2 Å². The van der Waals surface area contributed by atoms with Gasteiger partial charge in [-0.3, -0.25) is 0 Å². The molecule has 0 radical (unpaired) electrons. The lowest BCUT2D eigenvalue weighted by molar-refractivity contribution is -0.466. The predicted octanol–water partition coefficient (Wildman–Crippen LogP) is 3.18. The number of hydrogen-bond donors (Lipinski definition) is 2. The first kappa shape index (κ1) is 20.1. The van der Waals surface area contributed by atoms with E-state index in [1.54, 1.807) is 0 Å². The molecule has 2 nitrogen and oxygen atoms in total. The van der Waals surface area contributed by atoms with E-state index in [-0.39, 0.29) is 6.92 Å². The summed E-state index contributed by atoms with van der Waals surface area (Å²) < 4.78 is 139. The van der Waals surface area contributed by atoms with Crippen LogP contribution in [-0.2, 0) is 0 Å². The first-order valence-corrected chi connectivity index (χ1v) is 4.84. The van der Waals surface area contributed by atoms with Crippen LogP contribution >= 0.6 is 0 Å². The maximum atomic E-state index is 12.8. The number of hydrogen-bond acceptors (Lipinski definition) is 2. The molecule has 0 amide bonds. The van der Waals surface area contributed by atoms with Gasteiger partial charge in [0.15, 0.2) is 0 Å². The number of alkyl halides is 11. The summed E-state index contributed by atoms with van der Waals surface area (Å²) in [5, 5.41) is 15.3. The van der Waals surface area contributed by atoms with Crippen molar-refractivity contribution in [3.8, 4) is 0 Å². The molecule has 0 spiro atoms. The topological polar surface area (TPSA) is 40.5 Å². The first-order valence-electron chi connectivity index (χ1n) is 4.84. The number of halogens is 11. The minimum atomic E-state index is -7.56. The lowest BCUT2D eigenvalue weighted by atomic mass is 9.92. The highest BCUT2D eigenvalue weighted by atomic mass is 19.4. The Hall–Kier alpha value is -0.850. The van der Waals surface area contributed by atoms with E-state index in [1.807, 2.05) is 0 Å². The molecule has 0 aliphatic heterocycles. The van der Waals surface area contributed by atoms with Crippen LogP contribution in [0.2, 0.25) is 0 Å². The Morgan fingerprint density at radius 3 is 1.10 bits per heavy atom. The smallest absolute Gasteiger partial charge is 0.335 e. The van der Waals surface area contributed by atoms with Crippen LogP contribution in [0.25, 0.3) is 0 Å². The largest absolute Gasteiger partial charge is 0.400 e. The van der Waals surface area contributed by atoms with Crippen molar-refractivity contribution in [2.24, 2.45) is 0 Å². The van der Waals surface area contributed by atoms with Crippen LogP contribution in [-0.4, -0.2) is 45.9 Å². The van der Waals surface area contributed by atoms with Gasteiger partial charge in [-0.25, -0.2) is 0 Å². The van der Waals surface area contributed by atoms with E-state index in [0.29, 0.717) is 0 Å². The fraction of sp³-hybridized carbons (Fsp3) is 1.00. The Morgan fingerprint density at radius 2 is 0.857 bits per heavy atom. The standard InChI is InChI=1S/C8H7F11O2/c1-2-3(9,10)4(11,12)5(13,14)6(15,16)7(17,18)8(19,20)21/h20-21H,2H2,1H3. The van der Waals surface area contributed by atoms with E-state index in [9.17, 15) is 48.3 Å². The van der Waals surface area contributed by atoms with E-state index in [1.165, 1.54) is 0 Å². The second kappa shape index (κ2) is 4.83. The minimum absolute atomic E-state index is 0.164.